The third-order valence-electron chi connectivity index (χ3n) is 5.77. The molecule has 2 aromatic rings. The van der Waals surface area contributed by atoms with E-state index < -0.39 is 9.84 Å². The molecule has 0 aromatic heterocycles. The van der Waals surface area contributed by atoms with E-state index >= 15 is 0 Å². The molecule has 0 radical (unpaired) electrons. The molecule has 1 atom stereocenters. The number of rotatable bonds is 6. The number of thioether (sulfide) groups is 1. The second-order valence-electron chi connectivity index (χ2n) is 7.93. The van der Waals surface area contributed by atoms with E-state index in [9.17, 15) is 18.0 Å². The highest BCUT2D eigenvalue weighted by atomic mass is 32.2. The van der Waals surface area contributed by atoms with Crippen molar-refractivity contribution in [3.05, 3.63) is 47.5 Å². The fourth-order valence-electron chi connectivity index (χ4n) is 4.05. The van der Waals surface area contributed by atoms with Gasteiger partial charge in [-0.15, -0.1) is 11.8 Å². The Hall–Kier alpha value is -2.32. The van der Waals surface area contributed by atoms with Gasteiger partial charge in [-0.3, -0.25) is 9.59 Å². The van der Waals surface area contributed by atoms with Gasteiger partial charge in [0, 0.05) is 17.0 Å². The molecule has 164 valence electrons. The van der Waals surface area contributed by atoms with Crippen LogP contribution in [0.1, 0.15) is 43.7 Å². The van der Waals surface area contributed by atoms with Crippen LogP contribution in [-0.4, -0.2) is 31.2 Å². The number of anilines is 2. The summed E-state index contributed by atoms with van der Waals surface area (Å²) in [7, 11) is -3.66. The Balaban J connectivity index is 1.42. The van der Waals surface area contributed by atoms with E-state index in [1.165, 1.54) is 29.0 Å². The predicted octanol–water partition coefficient (Wildman–Crippen LogP) is 4.19. The molecule has 0 spiro atoms. The van der Waals surface area contributed by atoms with Gasteiger partial charge >= 0.3 is 0 Å². The summed E-state index contributed by atoms with van der Waals surface area (Å²) in [6.07, 6.45) is 4.78. The minimum atomic E-state index is -3.66. The van der Waals surface area contributed by atoms with Crippen molar-refractivity contribution >= 4 is 44.8 Å². The fraction of sp³-hybridized carbons (Fsp3) is 0.391. The van der Waals surface area contributed by atoms with Crippen molar-refractivity contribution in [1.29, 1.82) is 0 Å². The molecule has 2 aliphatic rings. The maximum absolute atomic E-state index is 12.8. The second-order valence-corrected chi connectivity index (χ2v) is 11.3. The topological polar surface area (TPSA) is 92.3 Å². The summed E-state index contributed by atoms with van der Waals surface area (Å²) in [4.78, 5) is 25.6. The first kappa shape index (κ1) is 21.9. The van der Waals surface area contributed by atoms with Crippen LogP contribution < -0.4 is 10.6 Å². The molecular weight excluding hydrogens is 432 g/mol. The molecule has 0 saturated carbocycles. The molecule has 0 unspecified atom stereocenters. The maximum atomic E-state index is 12.8. The van der Waals surface area contributed by atoms with Crippen LogP contribution in [0, 0.1) is 0 Å². The van der Waals surface area contributed by atoms with Crippen LogP contribution >= 0.6 is 11.8 Å². The summed E-state index contributed by atoms with van der Waals surface area (Å²) < 4.78 is 25.6. The zero-order chi connectivity index (χ0) is 22.0. The summed E-state index contributed by atoms with van der Waals surface area (Å²) in [5.41, 5.74) is 3.73. The van der Waals surface area contributed by atoms with E-state index in [4.69, 9.17) is 0 Å². The molecule has 2 amide bonds. The lowest BCUT2D eigenvalue weighted by molar-refractivity contribution is -0.116. The molecule has 31 heavy (non-hydrogen) atoms. The van der Waals surface area contributed by atoms with Crippen molar-refractivity contribution in [1.82, 2.24) is 0 Å². The molecular formula is C23H26N2O4S2. The number of nitrogens with one attached hydrogen (secondary N) is 2. The summed E-state index contributed by atoms with van der Waals surface area (Å²) in [6, 6.07) is 10.7. The number of amides is 2. The third kappa shape index (κ3) is 4.80. The van der Waals surface area contributed by atoms with Gasteiger partial charge in [-0.25, -0.2) is 8.42 Å². The standard InChI is InChI=1S/C23H26N2O4S2/c1-2-20-23(27)25-19-14-16(10-11-21(19)30-20)31(28,29)13-12-22(26)24-18-9-5-7-15-6-3-4-8-17(15)18/h5,7,9-11,14,20H,2-4,6,8,12-13H2,1H3,(H,24,26)(H,25,27)/t20-/m1/s1. The van der Waals surface area contributed by atoms with Crippen LogP contribution in [0.15, 0.2) is 46.2 Å². The van der Waals surface area contributed by atoms with Crippen LogP contribution in [0.3, 0.4) is 0 Å². The highest BCUT2D eigenvalue weighted by molar-refractivity contribution is 8.01. The zero-order valence-corrected chi connectivity index (χ0v) is 19.1. The molecule has 6 nitrogen and oxygen atoms in total. The third-order valence-corrected chi connectivity index (χ3v) is 8.92. The fourth-order valence-corrected chi connectivity index (χ4v) is 6.33. The molecule has 0 bridgehead atoms. The van der Waals surface area contributed by atoms with Crippen LogP contribution in [0.5, 0.6) is 0 Å². The van der Waals surface area contributed by atoms with Crippen LogP contribution in [-0.2, 0) is 32.3 Å². The Labute approximate surface area is 187 Å². The molecule has 1 aliphatic carbocycles. The number of hydrogen-bond donors (Lipinski definition) is 2. The SMILES string of the molecule is CC[C@H]1Sc2ccc(S(=O)(=O)CCC(=O)Nc3cccc4c3CCCC4)cc2NC1=O. The van der Waals surface area contributed by atoms with E-state index in [-0.39, 0.29) is 34.1 Å². The van der Waals surface area contributed by atoms with Crippen molar-refractivity contribution < 1.29 is 18.0 Å². The number of carbonyl (C=O) groups is 2. The Morgan fingerprint density at radius 1 is 1.19 bits per heavy atom. The minimum Gasteiger partial charge on any atom is -0.326 e. The maximum Gasteiger partial charge on any atom is 0.237 e. The lowest BCUT2D eigenvalue weighted by Gasteiger charge is -2.23. The van der Waals surface area contributed by atoms with Crippen molar-refractivity contribution in [2.75, 3.05) is 16.4 Å². The van der Waals surface area contributed by atoms with Gasteiger partial charge in [0.25, 0.3) is 0 Å². The molecule has 2 aromatic carbocycles. The number of benzene rings is 2. The summed E-state index contributed by atoms with van der Waals surface area (Å²) in [6.45, 7) is 1.94. The average molecular weight is 459 g/mol. The van der Waals surface area contributed by atoms with Crippen molar-refractivity contribution in [3.63, 3.8) is 0 Å². The van der Waals surface area contributed by atoms with Gasteiger partial charge in [-0.2, -0.15) is 0 Å². The number of fused-ring (bicyclic) bond motifs is 2. The number of aryl methyl sites for hydroxylation is 1. The Bertz CT molecular complexity index is 1130. The van der Waals surface area contributed by atoms with E-state index in [2.05, 4.69) is 16.7 Å². The van der Waals surface area contributed by atoms with Crippen molar-refractivity contribution in [2.24, 2.45) is 0 Å². The molecule has 4 rings (SSSR count). The summed E-state index contributed by atoms with van der Waals surface area (Å²) in [5, 5.41) is 5.53. The van der Waals surface area contributed by atoms with Crippen LogP contribution in [0.4, 0.5) is 11.4 Å². The van der Waals surface area contributed by atoms with Crippen molar-refractivity contribution in [2.45, 2.75) is 60.5 Å². The second kappa shape index (κ2) is 9.04. The van der Waals surface area contributed by atoms with Crippen molar-refractivity contribution in [3.8, 4) is 0 Å². The predicted molar refractivity (Wildman–Crippen MR) is 123 cm³/mol. The van der Waals surface area contributed by atoms with E-state index in [0.29, 0.717) is 12.1 Å². The lowest BCUT2D eigenvalue weighted by atomic mass is 9.90. The van der Waals surface area contributed by atoms with E-state index in [1.54, 1.807) is 12.1 Å². The molecule has 8 heteroatoms. The minimum absolute atomic E-state index is 0.111. The molecule has 1 aliphatic heterocycles. The lowest BCUT2D eigenvalue weighted by Crippen LogP contribution is -2.28. The van der Waals surface area contributed by atoms with Gasteiger partial charge in [0.1, 0.15) is 0 Å². The van der Waals surface area contributed by atoms with Gasteiger partial charge in [0.2, 0.25) is 11.8 Å². The Morgan fingerprint density at radius 2 is 2.00 bits per heavy atom. The largest absolute Gasteiger partial charge is 0.326 e. The quantitative estimate of drug-likeness (QED) is 0.677. The summed E-state index contributed by atoms with van der Waals surface area (Å²) >= 11 is 1.44. The molecule has 2 N–H and O–H groups in total. The Morgan fingerprint density at radius 3 is 2.81 bits per heavy atom. The first-order chi connectivity index (χ1) is 14.9. The van der Waals surface area contributed by atoms with Gasteiger partial charge in [-0.1, -0.05) is 19.1 Å². The van der Waals surface area contributed by atoms with Gasteiger partial charge in [-0.05, 0) is 67.5 Å². The molecule has 1 heterocycles. The molecule has 0 fully saturated rings. The monoisotopic (exact) mass is 458 g/mol. The smallest absolute Gasteiger partial charge is 0.237 e. The number of hydrogen-bond acceptors (Lipinski definition) is 5. The number of carbonyl (C=O) groups excluding carboxylic acids is 2. The average Bonchev–Trinajstić information content (AvgIpc) is 2.77. The van der Waals surface area contributed by atoms with Gasteiger partial charge in [0.05, 0.1) is 21.6 Å². The first-order valence-electron chi connectivity index (χ1n) is 10.6. The normalized spacial score (nSPS) is 18.0. The van der Waals surface area contributed by atoms with Gasteiger partial charge < -0.3 is 10.6 Å². The zero-order valence-electron chi connectivity index (χ0n) is 17.4. The van der Waals surface area contributed by atoms with E-state index in [1.807, 2.05) is 19.1 Å². The Kier molecular flexibility index (Phi) is 6.39. The van der Waals surface area contributed by atoms with E-state index in [0.717, 1.165) is 36.3 Å². The van der Waals surface area contributed by atoms with Crippen LogP contribution in [0.2, 0.25) is 0 Å². The summed E-state index contributed by atoms with van der Waals surface area (Å²) in [5.74, 6) is -0.707. The highest BCUT2D eigenvalue weighted by Gasteiger charge is 2.27. The van der Waals surface area contributed by atoms with Gasteiger partial charge in [0.15, 0.2) is 9.84 Å². The highest BCUT2D eigenvalue weighted by Crippen LogP contribution is 2.38. The number of sulfone groups is 1. The van der Waals surface area contributed by atoms with Crippen LogP contribution in [0.25, 0.3) is 0 Å². The first-order valence-corrected chi connectivity index (χ1v) is 13.2. The molecule has 0 saturated heterocycles.